The topological polar surface area (TPSA) is 12.4 Å². The number of thioether (sulfide) groups is 1. The lowest BCUT2D eigenvalue weighted by molar-refractivity contribution is 0.657. The average molecular weight is 600 g/mol. The Bertz CT molecular complexity index is 1890. The molecule has 0 saturated heterocycles. The SMILES string of the molecule is C1=CC2C3=NC4=C(C=CCC4)C3CC3=C(C=CC(c4ccc(-c5ccc(C6CC=C(c7ccccc7)S6)cc5)cc4)C3)C2C=C1. The quantitative estimate of drug-likeness (QED) is 0.291. The van der Waals surface area contributed by atoms with Gasteiger partial charge in [0, 0.05) is 45.2 Å². The molecular weight excluding hydrogens is 563 g/mol. The third-order valence-electron chi connectivity index (χ3n) is 10.6. The van der Waals surface area contributed by atoms with Crippen LogP contribution in [0.5, 0.6) is 0 Å². The van der Waals surface area contributed by atoms with Crippen molar-refractivity contribution >= 4 is 22.4 Å². The molecule has 0 radical (unpaired) electrons. The maximum Gasteiger partial charge on any atom is 0.0445 e. The zero-order valence-electron chi connectivity index (χ0n) is 25.5. The van der Waals surface area contributed by atoms with Gasteiger partial charge in [-0.1, -0.05) is 139 Å². The molecule has 0 amide bonds. The summed E-state index contributed by atoms with van der Waals surface area (Å²) >= 11 is 1.99. The fraction of sp³-hybridized carbons (Fsp3) is 0.233. The number of benzene rings is 3. The number of hydrogen-bond acceptors (Lipinski definition) is 2. The van der Waals surface area contributed by atoms with Gasteiger partial charge in [0.1, 0.15) is 0 Å². The molecule has 0 spiro atoms. The summed E-state index contributed by atoms with van der Waals surface area (Å²) in [6.45, 7) is 0. The highest BCUT2D eigenvalue weighted by Crippen LogP contribution is 2.50. The molecule has 2 aliphatic heterocycles. The maximum absolute atomic E-state index is 5.30. The molecule has 1 nitrogen and oxygen atoms in total. The maximum atomic E-state index is 5.30. The summed E-state index contributed by atoms with van der Waals surface area (Å²) in [6, 6.07) is 29.4. The summed E-state index contributed by atoms with van der Waals surface area (Å²) in [5, 5.41) is 0.497. The highest BCUT2D eigenvalue weighted by atomic mass is 32.2. The second-order valence-electron chi connectivity index (χ2n) is 13.2. The van der Waals surface area contributed by atoms with Crippen LogP contribution in [0, 0.1) is 17.8 Å². The van der Waals surface area contributed by atoms with Crippen LogP contribution in [0.3, 0.4) is 0 Å². The van der Waals surface area contributed by atoms with Crippen LogP contribution in [0.4, 0.5) is 0 Å². The normalized spacial score (nSPS) is 27.9. The molecule has 9 rings (SSSR count). The zero-order chi connectivity index (χ0) is 29.7. The average Bonchev–Trinajstić information content (AvgIpc) is 3.72. The Morgan fingerprint density at radius 1 is 0.667 bits per heavy atom. The lowest BCUT2D eigenvalue weighted by atomic mass is 9.76. The number of rotatable bonds is 4. The molecule has 3 aromatic carbocycles. The fourth-order valence-corrected chi connectivity index (χ4v) is 9.55. The summed E-state index contributed by atoms with van der Waals surface area (Å²) < 4.78 is 0. The van der Waals surface area contributed by atoms with E-state index in [4.69, 9.17) is 4.99 Å². The van der Waals surface area contributed by atoms with Gasteiger partial charge in [-0.25, -0.2) is 0 Å². The van der Waals surface area contributed by atoms with Crippen LogP contribution in [-0.2, 0) is 0 Å². The molecule has 2 heteroatoms. The Morgan fingerprint density at radius 3 is 2.22 bits per heavy atom. The first-order valence-corrected chi connectivity index (χ1v) is 17.5. The van der Waals surface area contributed by atoms with Crippen molar-refractivity contribution in [2.75, 3.05) is 0 Å². The molecule has 45 heavy (non-hydrogen) atoms. The van der Waals surface area contributed by atoms with Crippen molar-refractivity contribution in [3.63, 3.8) is 0 Å². The first-order valence-electron chi connectivity index (χ1n) is 16.6. The molecular formula is C43H37NS. The van der Waals surface area contributed by atoms with Crippen LogP contribution in [0.15, 0.2) is 161 Å². The summed E-state index contributed by atoms with van der Waals surface area (Å²) in [7, 11) is 0. The summed E-state index contributed by atoms with van der Waals surface area (Å²) in [5.74, 6) is 1.65. The van der Waals surface area contributed by atoms with E-state index in [1.807, 2.05) is 11.8 Å². The van der Waals surface area contributed by atoms with Crippen molar-refractivity contribution in [3.8, 4) is 11.1 Å². The third-order valence-corrected chi connectivity index (χ3v) is 12.0. The van der Waals surface area contributed by atoms with Crippen molar-refractivity contribution in [2.45, 2.75) is 43.3 Å². The van der Waals surface area contributed by atoms with Crippen LogP contribution in [0.25, 0.3) is 16.0 Å². The van der Waals surface area contributed by atoms with Crippen LogP contribution < -0.4 is 0 Å². The number of allylic oxidation sites excluding steroid dienone is 13. The van der Waals surface area contributed by atoms with E-state index < -0.39 is 0 Å². The van der Waals surface area contributed by atoms with Crippen molar-refractivity contribution < 1.29 is 0 Å². The van der Waals surface area contributed by atoms with Gasteiger partial charge in [0.05, 0.1) is 0 Å². The van der Waals surface area contributed by atoms with Gasteiger partial charge in [-0.3, -0.25) is 4.99 Å². The van der Waals surface area contributed by atoms with Crippen LogP contribution in [-0.4, -0.2) is 5.71 Å². The first kappa shape index (κ1) is 27.2. The predicted molar refractivity (Wildman–Crippen MR) is 191 cm³/mol. The van der Waals surface area contributed by atoms with Crippen LogP contribution >= 0.6 is 11.8 Å². The molecule has 5 unspecified atom stereocenters. The predicted octanol–water partition coefficient (Wildman–Crippen LogP) is 11.3. The Morgan fingerprint density at radius 2 is 1.42 bits per heavy atom. The molecule has 0 N–H and O–H groups in total. The highest BCUT2D eigenvalue weighted by Gasteiger charge is 2.41. The molecule has 0 saturated carbocycles. The largest absolute Gasteiger partial charge is 0.261 e. The minimum atomic E-state index is 0.382. The molecule has 4 aliphatic carbocycles. The van der Waals surface area contributed by atoms with Crippen molar-refractivity contribution in [2.24, 2.45) is 22.7 Å². The number of nitrogens with zero attached hydrogens (tertiary/aromatic N) is 1. The van der Waals surface area contributed by atoms with Gasteiger partial charge in [0.25, 0.3) is 0 Å². The van der Waals surface area contributed by atoms with E-state index in [0.29, 0.717) is 28.9 Å². The van der Waals surface area contributed by atoms with E-state index in [0.717, 1.165) is 32.1 Å². The second-order valence-corrected chi connectivity index (χ2v) is 14.5. The van der Waals surface area contributed by atoms with Gasteiger partial charge in [-0.15, -0.1) is 11.8 Å². The number of hydrogen-bond donors (Lipinski definition) is 0. The van der Waals surface area contributed by atoms with Crippen molar-refractivity contribution in [1.29, 1.82) is 0 Å². The summed E-state index contributed by atoms with van der Waals surface area (Å²) in [5.41, 5.74) is 14.2. The smallest absolute Gasteiger partial charge is 0.0445 e. The lowest BCUT2D eigenvalue weighted by Gasteiger charge is -2.28. The standard InChI is InChI=1S/C43H37NS/c1-2-8-31(9-3-1)41-24-25-42(45-41)32-20-18-29(19-21-32)28-14-16-30(17-15-28)33-22-23-35-34(26-33)27-39-37-11-6-7-13-40(37)44-43(39)38-12-5-4-10-36(35)38/h1-6,8-12,14-24,33,36,38-39,42H,7,13,25-27H2. The number of fused-ring (bicyclic) bond motifs is 5. The minimum absolute atomic E-state index is 0.382. The van der Waals surface area contributed by atoms with Crippen molar-refractivity contribution in [1.82, 2.24) is 0 Å². The van der Waals surface area contributed by atoms with Gasteiger partial charge in [-0.05, 0) is 71.1 Å². The van der Waals surface area contributed by atoms with E-state index in [1.165, 1.54) is 49.7 Å². The molecule has 0 aromatic heterocycles. The van der Waals surface area contributed by atoms with E-state index >= 15 is 0 Å². The molecule has 220 valence electrons. The van der Waals surface area contributed by atoms with Gasteiger partial charge < -0.3 is 0 Å². The molecule has 5 atom stereocenters. The van der Waals surface area contributed by atoms with E-state index in [2.05, 4.69) is 134 Å². The Kier molecular flexibility index (Phi) is 6.85. The van der Waals surface area contributed by atoms with Crippen LogP contribution in [0.2, 0.25) is 0 Å². The second kappa shape index (κ2) is 11.3. The van der Waals surface area contributed by atoms with E-state index in [1.54, 1.807) is 11.1 Å². The van der Waals surface area contributed by atoms with Gasteiger partial charge in [0.15, 0.2) is 0 Å². The molecule has 0 bridgehead atoms. The Balaban J connectivity index is 0.915. The lowest BCUT2D eigenvalue weighted by Crippen LogP contribution is -2.26. The molecule has 2 heterocycles. The number of aliphatic imine (C=N–C) groups is 1. The molecule has 6 aliphatic rings. The fourth-order valence-electron chi connectivity index (χ4n) is 8.29. The highest BCUT2D eigenvalue weighted by molar-refractivity contribution is 8.08. The molecule has 3 aromatic rings. The summed E-state index contributed by atoms with van der Waals surface area (Å²) in [4.78, 5) is 6.70. The van der Waals surface area contributed by atoms with E-state index in [-0.39, 0.29) is 0 Å². The van der Waals surface area contributed by atoms with Gasteiger partial charge in [-0.2, -0.15) is 0 Å². The van der Waals surface area contributed by atoms with Crippen molar-refractivity contribution in [3.05, 3.63) is 173 Å². The monoisotopic (exact) mass is 599 g/mol. The van der Waals surface area contributed by atoms with E-state index in [9.17, 15) is 0 Å². The third kappa shape index (κ3) is 4.91. The van der Waals surface area contributed by atoms with Gasteiger partial charge in [0.2, 0.25) is 0 Å². The summed E-state index contributed by atoms with van der Waals surface area (Å²) in [6.07, 6.45) is 26.9. The Labute approximate surface area is 271 Å². The zero-order valence-corrected chi connectivity index (χ0v) is 26.3. The van der Waals surface area contributed by atoms with Crippen LogP contribution in [0.1, 0.15) is 60.0 Å². The Hall–Kier alpha value is -4.14. The minimum Gasteiger partial charge on any atom is -0.261 e. The van der Waals surface area contributed by atoms with Gasteiger partial charge >= 0.3 is 0 Å². The molecule has 0 fully saturated rings. The first-order chi connectivity index (χ1) is 22.3.